The van der Waals surface area contributed by atoms with Crippen LogP contribution in [0.25, 0.3) is 0 Å². The smallest absolute Gasteiger partial charge is 0.338 e. The van der Waals surface area contributed by atoms with Crippen molar-refractivity contribution in [2.75, 3.05) is 7.05 Å². The van der Waals surface area contributed by atoms with Crippen LogP contribution in [-0.4, -0.2) is 38.7 Å². The SMILES string of the molecule is CN(Cc1ccccc1)C(=O)Cn1cc(C(=O)O)cn1. The minimum atomic E-state index is -1.05. The minimum absolute atomic E-state index is 0.0244. The number of carbonyl (C=O) groups excluding carboxylic acids is 1. The van der Waals surface area contributed by atoms with Gasteiger partial charge in [0.05, 0.1) is 11.8 Å². The zero-order valence-corrected chi connectivity index (χ0v) is 11.1. The van der Waals surface area contributed by atoms with Crippen molar-refractivity contribution in [1.82, 2.24) is 14.7 Å². The molecule has 1 aromatic heterocycles. The molecule has 1 heterocycles. The lowest BCUT2D eigenvalue weighted by Gasteiger charge is -2.17. The van der Waals surface area contributed by atoms with Crippen molar-refractivity contribution < 1.29 is 14.7 Å². The molecule has 0 radical (unpaired) electrons. The molecule has 0 spiro atoms. The summed E-state index contributed by atoms with van der Waals surface area (Å²) >= 11 is 0. The molecule has 0 fully saturated rings. The highest BCUT2D eigenvalue weighted by atomic mass is 16.4. The summed E-state index contributed by atoms with van der Waals surface area (Å²) in [4.78, 5) is 24.3. The second kappa shape index (κ2) is 6.01. The van der Waals surface area contributed by atoms with Crippen LogP contribution >= 0.6 is 0 Å². The fraction of sp³-hybridized carbons (Fsp3) is 0.214. The van der Waals surface area contributed by atoms with Crippen molar-refractivity contribution in [3.05, 3.63) is 53.9 Å². The number of hydrogen-bond acceptors (Lipinski definition) is 3. The Morgan fingerprint density at radius 2 is 2.00 bits per heavy atom. The van der Waals surface area contributed by atoms with E-state index in [-0.39, 0.29) is 18.0 Å². The maximum absolute atomic E-state index is 12.0. The molecule has 104 valence electrons. The number of hydrogen-bond donors (Lipinski definition) is 1. The summed E-state index contributed by atoms with van der Waals surface area (Å²) < 4.78 is 1.33. The third-order valence-corrected chi connectivity index (χ3v) is 2.87. The first kappa shape index (κ1) is 13.8. The third-order valence-electron chi connectivity index (χ3n) is 2.87. The molecule has 0 aliphatic carbocycles. The van der Waals surface area contributed by atoms with Gasteiger partial charge >= 0.3 is 5.97 Å². The Hall–Kier alpha value is -2.63. The summed E-state index contributed by atoms with van der Waals surface area (Å²) in [5, 5.41) is 12.6. The van der Waals surface area contributed by atoms with Gasteiger partial charge in [-0.2, -0.15) is 5.10 Å². The van der Waals surface area contributed by atoms with Gasteiger partial charge in [-0.25, -0.2) is 4.79 Å². The largest absolute Gasteiger partial charge is 0.478 e. The summed E-state index contributed by atoms with van der Waals surface area (Å²) in [6.07, 6.45) is 2.57. The van der Waals surface area contributed by atoms with E-state index in [9.17, 15) is 9.59 Å². The molecule has 1 N–H and O–H groups in total. The summed E-state index contributed by atoms with van der Waals surface area (Å²) in [5.74, 6) is -1.18. The Bertz CT molecular complexity index is 607. The minimum Gasteiger partial charge on any atom is -0.478 e. The number of nitrogens with zero attached hydrogens (tertiary/aromatic N) is 3. The molecule has 1 amide bonds. The van der Waals surface area contributed by atoms with Crippen molar-refractivity contribution in [3.63, 3.8) is 0 Å². The van der Waals surface area contributed by atoms with Gasteiger partial charge in [0.15, 0.2) is 0 Å². The van der Waals surface area contributed by atoms with E-state index in [0.29, 0.717) is 6.54 Å². The number of carboxylic acid groups (broad SMARTS) is 1. The van der Waals surface area contributed by atoms with E-state index < -0.39 is 5.97 Å². The Morgan fingerprint density at radius 3 is 2.60 bits per heavy atom. The number of carbonyl (C=O) groups is 2. The number of likely N-dealkylation sites (N-methyl/N-ethyl adjacent to an activating group) is 1. The van der Waals surface area contributed by atoms with E-state index in [4.69, 9.17) is 5.11 Å². The number of aromatic carboxylic acids is 1. The Morgan fingerprint density at radius 1 is 1.30 bits per heavy atom. The van der Waals surface area contributed by atoms with Crippen LogP contribution in [-0.2, 0) is 17.9 Å². The lowest BCUT2D eigenvalue weighted by Crippen LogP contribution is -2.29. The highest BCUT2D eigenvalue weighted by molar-refractivity contribution is 5.87. The molecule has 0 unspecified atom stereocenters. The van der Waals surface area contributed by atoms with E-state index in [1.807, 2.05) is 30.3 Å². The molecule has 6 nitrogen and oxygen atoms in total. The van der Waals surface area contributed by atoms with E-state index >= 15 is 0 Å². The standard InChI is InChI=1S/C14H15N3O3/c1-16(8-11-5-3-2-4-6-11)13(18)10-17-9-12(7-15-17)14(19)20/h2-7,9H,8,10H2,1H3,(H,19,20). The summed E-state index contributed by atoms with van der Waals surface area (Å²) in [6.45, 7) is 0.531. The van der Waals surface area contributed by atoms with Gasteiger partial charge in [0.25, 0.3) is 0 Å². The molecule has 0 atom stereocenters. The maximum Gasteiger partial charge on any atom is 0.338 e. The maximum atomic E-state index is 12.0. The molecule has 2 rings (SSSR count). The van der Waals surface area contributed by atoms with Crippen LogP contribution < -0.4 is 0 Å². The summed E-state index contributed by atoms with van der Waals surface area (Å²) in [5.41, 5.74) is 1.11. The number of rotatable bonds is 5. The molecule has 2 aromatic rings. The molecular weight excluding hydrogens is 258 g/mol. The fourth-order valence-electron chi connectivity index (χ4n) is 1.77. The topological polar surface area (TPSA) is 75.4 Å². The molecule has 0 aliphatic rings. The number of amides is 1. The third kappa shape index (κ3) is 3.44. The first-order chi connectivity index (χ1) is 9.56. The van der Waals surface area contributed by atoms with Crippen LogP contribution in [0.2, 0.25) is 0 Å². The van der Waals surface area contributed by atoms with Crippen molar-refractivity contribution in [3.8, 4) is 0 Å². The second-order valence-electron chi connectivity index (χ2n) is 4.47. The van der Waals surface area contributed by atoms with Gasteiger partial charge in [0.2, 0.25) is 5.91 Å². The van der Waals surface area contributed by atoms with Crippen LogP contribution in [0.1, 0.15) is 15.9 Å². The van der Waals surface area contributed by atoms with Crippen LogP contribution in [0.4, 0.5) is 0 Å². The molecule has 20 heavy (non-hydrogen) atoms. The number of aromatic nitrogens is 2. The Labute approximate surface area is 116 Å². The van der Waals surface area contributed by atoms with E-state index in [2.05, 4.69) is 5.10 Å². The van der Waals surface area contributed by atoms with E-state index in [1.54, 1.807) is 11.9 Å². The predicted molar refractivity (Wildman–Crippen MR) is 72.1 cm³/mol. The van der Waals surface area contributed by atoms with Crippen LogP contribution in [0.5, 0.6) is 0 Å². The van der Waals surface area contributed by atoms with Gasteiger partial charge in [-0.05, 0) is 5.56 Å². The lowest BCUT2D eigenvalue weighted by molar-refractivity contribution is -0.131. The highest BCUT2D eigenvalue weighted by Gasteiger charge is 2.12. The average Bonchev–Trinajstić information content (AvgIpc) is 2.88. The molecule has 0 saturated carbocycles. The monoisotopic (exact) mass is 273 g/mol. The first-order valence-electron chi connectivity index (χ1n) is 6.10. The van der Waals surface area contributed by atoms with Gasteiger partial charge < -0.3 is 10.0 Å². The molecule has 6 heteroatoms. The normalized spacial score (nSPS) is 10.2. The van der Waals surface area contributed by atoms with Crippen molar-refractivity contribution in [1.29, 1.82) is 0 Å². The molecule has 0 bridgehead atoms. The van der Waals surface area contributed by atoms with Gasteiger partial charge in [0.1, 0.15) is 6.54 Å². The molecular formula is C14H15N3O3. The number of carboxylic acids is 1. The zero-order chi connectivity index (χ0) is 14.5. The fourth-order valence-corrected chi connectivity index (χ4v) is 1.77. The van der Waals surface area contributed by atoms with Crippen LogP contribution in [0.15, 0.2) is 42.7 Å². The molecule has 1 aromatic carbocycles. The molecule has 0 saturated heterocycles. The highest BCUT2D eigenvalue weighted by Crippen LogP contribution is 2.04. The van der Waals surface area contributed by atoms with Gasteiger partial charge in [0, 0.05) is 19.8 Å². The van der Waals surface area contributed by atoms with E-state index in [1.165, 1.54) is 17.1 Å². The Kier molecular flexibility index (Phi) is 4.14. The van der Waals surface area contributed by atoms with Crippen molar-refractivity contribution in [2.24, 2.45) is 0 Å². The van der Waals surface area contributed by atoms with Crippen molar-refractivity contribution in [2.45, 2.75) is 13.1 Å². The summed E-state index contributed by atoms with van der Waals surface area (Å²) in [7, 11) is 1.71. The van der Waals surface area contributed by atoms with Crippen LogP contribution in [0.3, 0.4) is 0 Å². The first-order valence-corrected chi connectivity index (χ1v) is 6.10. The van der Waals surface area contributed by atoms with Gasteiger partial charge in [-0.15, -0.1) is 0 Å². The second-order valence-corrected chi connectivity index (χ2v) is 4.47. The number of benzene rings is 1. The lowest BCUT2D eigenvalue weighted by atomic mass is 10.2. The quantitative estimate of drug-likeness (QED) is 0.889. The van der Waals surface area contributed by atoms with Gasteiger partial charge in [-0.1, -0.05) is 30.3 Å². The van der Waals surface area contributed by atoms with Gasteiger partial charge in [-0.3, -0.25) is 9.48 Å². The average molecular weight is 273 g/mol. The Balaban J connectivity index is 1.95. The van der Waals surface area contributed by atoms with E-state index in [0.717, 1.165) is 5.56 Å². The van der Waals surface area contributed by atoms with Crippen LogP contribution in [0, 0.1) is 0 Å². The van der Waals surface area contributed by atoms with Crippen molar-refractivity contribution >= 4 is 11.9 Å². The zero-order valence-electron chi connectivity index (χ0n) is 11.1. The summed E-state index contributed by atoms with van der Waals surface area (Å²) in [6, 6.07) is 9.64. The predicted octanol–water partition coefficient (Wildman–Crippen LogP) is 1.24. The molecule has 0 aliphatic heterocycles.